The van der Waals surface area contributed by atoms with Gasteiger partial charge in [-0.1, -0.05) is 6.92 Å². The second-order valence-electron chi connectivity index (χ2n) is 7.33. The molecule has 0 spiro atoms. The van der Waals surface area contributed by atoms with Crippen molar-refractivity contribution < 1.29 is 4.74 Å². The third-order valence-electron chi connectivity index (χ3n) is 5.20. The first kappa shape index (κ1) is 22.0. The smallest absolute Gasteiger partial charge is 0.191 e. The molecular formula is C18H37IN4O. The number of nitrogens with zero attached hydrogens (tertiary/aromatic N) is 2. The van der Waals surface area contributed by atoms with Gasteiger partial charge in [-0.15, -0.1) is 24.0 Å². The van der Waals surface area contributed by atoms with E-state index in [1.165, 1.54) is 25.7 Å². The lowest BCUT2D eigenvalue weighted by Gasteiger charge is -2.37. The van der Waals surface area contributed by atoms with Gasteiger partial charge in [-0.3, -0.25) is 9.89 Å². The van der Waals surface area contributed by atoms with Crippen molar-refractivity contribution in [3.05, 3.63) is 0 Å². The summed E-state index contributed by atoms with van der Waals surface area (Å²) in [5.41, 5.74) is 0. The zero-order chi connectivity index (χ0) is 16.7. The maximum absolute atomic E-state index is 5.53. The minimum absolute atomic E-state index is 0. The molecule has 1 saturated carbocycles. The molecule has 0 radical (unpaired) electrons. The molecule has 6 heteroatoms. The Labute approximate surface area is 165 Å². The van der Waals surface area contributed by atoms with Crippen LogP contribution in [0.2, 0.25) is 0 Å². The molecule has 2 rings (SSSR count). The molecule has 2 atom stereocenters. The Morgan fingerprint density at radius 1 is 1.25 bits per heavy atom. The third-order valence-corrected chi connectivity index (χ3v) is 5.20. The molecule has 0 aromatic heterocycles. The molecule has 2 N–H and O–H groups in total. The average molecular weight is 452 g/mol. The number of ether oxygens (including phenoxy) is 1. The van der Waals surface area contributed by atoms with Crippen molar-refractivity contribution >= 4 is 29.9 Å². The van der Waals surface area contributed by atoms with Crippen LogP contribution in [0.5, 0.6) is 0 Å². The fraction of sp³-hybridized carbons (Fsp3) is 0.944. The molecule has 1 aliphatic heterocycles. The van der Waals surface area contributed by atoms with Crippen LogP contribution >= 0.6 is 24.0 Å². The van der Waals surface area contributed by atoms with E-state index >= 15 is 0 Å². The van der Waals surface area contributed by atoms with Crippen molar-refractivity contribution in [3.8, 4) is 0 Å². The van der Waals surface area contributed by atoms with Crippen molar-refractivity contribution in [1.29, 1.82) is 0 Å². The molecule has 0 amide bonds. The van der Waals surface area contributed by atoms with Crippen molar-refractivity contribution in [2.75, 3.05) is 32.8 Å². The summed E-state index contributed by atoms with van der Waals surface area (Å²) < 4.78 is 5.53. The molecule has 0 aromatic rings. The first-order chi connectivity index (χ1) is 11.1. The van der Waals surface area contributed by atoms with Crippen LogP contribution in [-0.2, 0) is 4.74 Å². The molecule has 1 saturated heterocycles. The zero-order valence-corrected chi connectivity index (χ0v) is 18.2. The predicted octanol–water partition coefficient (Wildman–Crippen LogP) is 2.85. The number of nitrogens with one attached hydrogen (secondary N) is 2. The van der Waals surface area contributed by atoms with E-state index in [1.54, 1.807) is 0 Å². The maximum Gasteiger partial charge on any atom is 0.191 e. The zero-order valence-electron chi connectivity index (χ0n) is 15.9. The standard InChI is InChI=1S/C18H36N4O.HI/c1-5-19-18(21-17-8-6-14(2)7-9-17)20-12-15(3)22-10-11-23-13-16(22)4;/h14-17H,5-13H2,1-4H3,(H2,19,20,21);1H. The van der Waals surface area contributed by atoms with Gasteiger partial charge in [0.15, 0.2) is 5.96 Å². The summed E-state index contributed by atoms with van der Waals surface area (Å²) in [4.78, 5) is 7.36. The van der Waals surface area contributed by atoms with Crippen LogP contribution in [0.15, 0.2) is 4.99 Å². The van der Waals surface area contributed by atoms with Crippen LogP contribution < -0.4 is 10.6 Å². The summed E-state index contributed by atoms with van der Waals surface area (Å²) in [5, 5.41) is 7.05. The van der Waals surface area contributed by atoms with E-state index in [-0.39, 0.29) is 24.0 Å². The lowest BCUT2D eigenvalue weighted by atomic mass is 9.87. The SMILES string of the molecule is CCNC(=NCC(C)N1CCOCC1C)NC1CCC(C)CC1.I. The number of rotatable bonds is 5. The average Bonchev–Trinajstić information content (AvgIpc) is 2.55. The topological polar surface area (TPSA) is 48.9 Å². The van der Waals surface area contributed by atoms with Crippen LogP contribution in [0.3, 0.4) is 0 Å². The van der Waals surface area contributed by atoms with E-state index in [0.717, 1.165) is 44.7 Å². The highest BCUT2D eigenvalue weighted by Crippen LogP contribution is 2.23. The Morgan fingerprint density at radius 2 is 1.96 bits per heavy atom. The number of hydrogen-bond donors (Lipinski definition) is 2. The normalized spacial score (nSPS) is 30.3. The van der Waals surface area contributed by atoms with Gasteiger partial charge in [-0.05, 0) is 52.4 Å². The highest BCUT2D eigenvalue weighted by Gasteiger charge is 2.24. The van der Waals surface area contributed by atoms with E-state index in [4.69, 9.17) is 9.73 Å². The highest BCUT2D eigenvalue weighted by atomic mass is 127. The largest absolute Gasteiger partial charge is 0.379 e. The predicted molar refractivity (Wildman–Crippen MR) is 112 cm³/mol. The van der Waals surface area contributed by atoms with Crippen LogP contribution in [0, 0.1) is 5.92 Å². The van der Waals surface area contributed by atoms with Gasteiger partial charge in [0.1, 0.15) is 0 Å². The Morgan fingerprint density at radius 3 is 2.58 bits per heavy atom. The minimum Gasteiger partial charge on any atom is -0.379 e. The van der Waals surface area contributed by atoms with E-state index < -0.39 is 0 Å². The number of halogens is 1. The van der Waals surface area contributed by atoms with Gasteiger partial charge < -0.3 is 15.4 Å². The van der Waals surface area contributed by atoms with Gasteiger partial charge in [0.25, 0.3) is 0 Å². The van der Waals surface area contributed by atoms with E-state index in [9.17, 15) is 0 Å². The van der Waals surface area contributed by atoms with E-state index in [1.807, 2.05) is 0 Å². The fourth-order valence-electron chi connectivity index (χ4n) is 3.64. The number of hydrogen-bond acceptors (Lipinski definition) is 3. The molecule has 2 fully saturated rings. The Hall–Kier alpha value is -0.0800. The Balaban J connectivity index is 0.00000288. The first-order valence-corrected chi connectivity index (χ1v) is 9.48. The Kier molecular flexibility index (Phi) is 10.5. The molecule has 0 bridgehead atoms. The van der Waals surface area contributed by atoms with Crippen LogP contribution in [-0.4, -0.2) is 61.8 Å². The molecule has 1 heterocycles. The third kappa shape index (κ3) is 7.04. The van der Waals surface area contributed by atoms with Crippen molar-refractivity contribution in [1.82, 2.24) is 15.5 Å². The number of guanidine groups is 1. The summed E-state index contributed by atoms with van der Waals surface area (Å²) >= 11 is 0. The molecule has 1 aliphatic carbocycles. The summed E-state index contributed by atoms with van der Waals surface area (Å²) in [6.07, 6.45) is 5.20. The van der Waals surface area contributed by atoms with Crippen LogP contribution in [0.1, 0.15) is 53.4 Å². The summed E-state index contributed by atoms with van der Waals surface area (Å²) in [7, 11) is 0. The Bertz CT molecular complexity index is 372. The summed E-state index contributed by atoms with van der Waals surface area (Å²) in [6.45, 7) is 13.5. The molecule has 2 aliphatic rings. The van der Waals surface area contributed by atoms with Gasteiger partial charge in [-0.2, -0.15) is 0 Å². The second-order valence-corrected chi connectivity index (χ2v) is 7.33. The van der Waals surface area contributed by atoms with E-state index in [0.29, 0.717) is 18.1 Å². The molecule has 24 heavy (non-hydrogen) atoms. The second kappa shape index (κ2) is 11.5. The van der Waals surface area contributed by atoms with Gasteiger partial charge in [0.05, 0.1) is 19.8 Å². The fourth-order valence-corrected chi connectivity index (χ4v) is 3.64. The van der Waals surface area contributed by atoms with Crippen LogP contribution in [0.25, 0.3) is 0 Å². The molecule has 0 aromatic carbocycles. The molecular weight excluding hydrogens is 415 g/mol. The summed E-state index contributed by atoms with van der Waals surface area (Å²) in [6, 6.07) is 1.53. The van der Waals surface area contributed by atoms with Gasteiger partial charge in [-0.25, -0.2) is 0 Å². The molecule has 2 unspecified atom stereocenters. The van der Waals surface area contributed by atoms with Gasteiger partial charge in [0, 0.05) is 31.2 Å². The molecule has 5 nitrogen and oxygen atoms in total. The monoisotopic (exact) mass is 452 g/mol. The van der Waals surface area contributed by atoms with Crippen molar-refractivity contribution in [2.24, 2.45) is 10.9 Å². The van der Waals surface area contributed by atoms with Crippen molar-refractivity contribution in [3.63, 3.8) is 0 Å². The lowest BCUT2D eigenvalue weighted by molar-refractivity contribution is -0.0165. The minimum atomic E-state index is 0. The molecule has 142 valence electrons. The lowest BCUT2D eigenvalue weighted by Crippen LogP contribution is -2.50. The summed E-state index contributed by atoms with van der Waals surface area (Å²) in [5.74, 6) is 1.87. The maximum atomic E-state index is 5.53. The highest BCUT2D eigenvalue weighted by molar-refractivity contribution is 14.0. The number of morpholine rings is 1. The van der Waals surface area contributed by atoms with Gasteiger partial charge in [0.2, 0.25) is 0 Å². The van der Waals surface area contributed by atoms with Crippen LogP contribution in [0.4, 0.5) is 0 Å². The number of aliphatic imine (C=N–C) groups is 1. The van der Waals surface area contributed by atoms with E-state index in [2.05, 4.69) is 43.2 Å². The quantitative estimate of drug-likeness (QED) is 0.383. The van der Waals surface area contributed by atoms with Crippen molar-refractivity contribution in [2.45, 2.75) is 71.5 Å². The first-order valence-electron chi connectivity index (χ1n) is 9.48. The van der Waals surface area contributed by atoms with Gasteiger partial charge >= 0.3 is 0 Å².